The van der Waals surface area contributed by atoms with E-state index < -0.39 is 0 Å². The molecule has 1 fully saturated rings. The summed E-state index contributed by atoms with van der Waals surface area (Å²) < 4.78 is 5.26. The summed E-state index contributed by atoms with van der Waals surface area (Å²) in [6.45, 7) is 2.28. The van der Waals surface area contributed by atoms with E-state index in [1.807, 2.05) is 0 Å². The van der Waals surface area contributed by atoms with Crippen molar-refractivity contribution in [3.8, 4) is 5.75 Å². The smallest absolute Gasteiger partial charge is 0.118 e. The van der Waals surface area contributed by atoms with E-state index in [4.69, 9.17) is 4.74 Å². The largest absolute Gasteiger partial charge is 0.497 e. The van der Waals surface area contributed by atoms with Gasteiger partial charge in [0, 0.05) is 0 Å². The first-order chi connectivity index (χ1) is 11.8. The Morgan fingerprint density at radius 2 is 1.58 bits per heavy atom. The minimum Gasteiger partial charge on any atom is -0.497 e. The first-order valence-corrected chi connectivity index (χ1v) is 10.1. The lowest BCUT2D eigenvalue weighted by Crippen LogP contribution is -2.11. The van der Waals surface area contributed by atoms with Crippen molar-refractivity contribution < 1.29 is 4.74 Å². The van der Waals surface area contributed by atoms with Crippen molar-refractivity contribution in [3.63, 3.8) is 0 Å². The highest BCUT2D eigenvalue weighted by atomic mass is 16.5. The van der Waals surface area contributed by atoms with Gasteiger partial charge in [-0.15, -0.1) is 0 Å². The molecule has 0 aliphatic heterocycles. The number of allylic oxidation sites excluding steroid dienone is 2. The van der Waals surface area contributed by atoms with Crippen LogP contribution in [0.15, 0.2) is 36.4 Å². The highest BCUT2D eigenvalue weighted by Crippen LogP contribution is 2.36. The van der Waals surface area contributed by atoms with Crippen LogP contribution in [0.2, 0.25) is 0 Å². The first kappa shape index (κ1) is 19.1. The van der Waals surface area contributed by atoms with E-state index >= 15 is 0 Å². The molecule has 0 bridgehead atoms. The number of methoxy groups -OCH3 is 1. The number of ether oxygens (including phenoxy) is 1. The predicted octanol–water partition coefficient (Wildman–Crippen LogP) is 7.28. The third-order valence-corrected chi connectivity index (χ3v) is 5.49. The summed E-state index contributed by atoms with van der Waals surface area (Å²) in [6.07, 6.45) is 20.0. The van der Waals surface area contributed by atoms with Crippen molar-refractivity contribution >= 4 is 0 Å². The lowest BCUT2D eigenvalue weighted by atomic mass is 9.78. The Morgan fingerprint density at radius 3 is 2.25 bits per heavy atom. The zero-order valence-corrected chi connectivity index (χ0v) is 15.8. The normalized spacial score (nSPS) is 21.2. The van der Waals surface area contributed by atoms with Gasteiger partial charge in [-0.25, -0.2) is 0 Å². The van der Waals surface area contributed by atoms with Crippen LogP contribution in [-0.2, 0) is 0 Å². The molecule has 0 unspecified atom stereocenters. The number of unbranched alkanes of at least 4 members (excludes halogenated alkanes) is 6. The summed E-state index contributed by atoms with van der Waals surface area (Å²) in [4.78, 5) is 0. The maximum Gasteiger partial charge on any atom is 0.118 e. The van der Waals surface area contributed by atoms with Gasteiger partial charge in [-0.05, 0) is 68.1 Å². The fourth-order valence-corrected chi connectivity index (χ4v) is 3.85. The first-order valence-electron chi connectivity index (χ1n) is 10.1. The van der Waals surface area contributed by atoms with Crippen LogP contribution in [0.3, 0.4) is 0 Å². The van der Waals surface area contributed by atoms with Gasteiger partial charge in [-0.1, -0.05) is 63.3 Å². The standard InChI is InChI=1S/C23H36O/c1-3-4-5-6-7-8-9-10-11-20-12-14-21(15-13-20)22-16-18-23(24-2)19-17-22/h10-11,16-21H,3-9,12-15H2,1-2H3/b11-10+. The van der Waals surface area contributed by atoms with Gasteiger partial charge in [0.05, 0.1) is 7.11 Å². The molecule has 1 heteroatoms. The molecule has 1 aromatic rings. The molecule has 1 aromatic carbocycles. The fraction of sp³-hybridized carbons (Fsp3) is 0.652. The second-order valence-electron chi connectivity index (χ2n) is 7.37. The molecule has 1 aliphatic rings. The second kappa shape index (κ2) is 11.3. The van der Waals surface area contributed by atoms with E-state index in [1.165, 1.54) is 76.2 Å². The Balaban J connectivity index is 1.61. The number of hydrogen-bond acceptors (Lipinski definition) is 1. The molecule has 0 N–H and O–H groups in total. The topological polar surface area (TPSA) is 9.23 Å². The molecule has 0 spiro atoms. The molecule has 1 saturated carbocycles. The summed E-state index contributed by atoms with van der Waals surface area (Å²) in [5, 5.41) is 0. The third-order valence-electron chi connectivity index (χ3n) is 5.49. The molecule has 0 aromatic heterocycles. The predicted molar refractivity (Wildman–Crippen MR) is 105 cm³/mol. The molecule has 0 heterocycles. The van der Waals surface area contributed by atoms with Crippen LogP contribution in [-0.4, -0.2) is 7.11 Å². The summed E-state index contributed by atoms with van der Waals surface area (Å²) in [6, 6.07) is 8.69. The molecular weight excluding hydrogens is 292 g/mol. The van der Waals surface area contributed by atoms with Crippen LogP contribution in [0.4, 0.5) is 0 Å². The molecule has 0 atom stereocenters. The van der Waals surface area contributed by atoms with Crippen molar-refractivity contribution in [1.82, 2.24) is 0 Å². The SMILES string of the molecule is CCCCCCCC/C=C/C1CCC(c2ccc(OC)cc2)CC1. The van der Waals surface area contributed by atoms with Crippen molar-refractivity contribution in [3.05, 3.63) is 42.0 Å². The monoisotopic (exact) mass is 328 g/mol. The van der Waals surface area contributed by atoms with Gasteiger partial charge in [-0.2, -0.15) is 0 Å². The number of rotatable bonds is 10. The quantitative estimate of drug-likeness (QED) is 0.324. The molecule has 1 nitrogen and oxygen atoms in total. The zero-order chi connectivity index (χ0) is 17.0. The van der Waals surface area contributed by atoms with Crippen molar-refractivity contribution in [1.29, 1.82) is 0 Å². The molecule has 2 rings (SSSR count). The lowest BCUT2D eigenvalue weighted by Gasteiger charge is -2.27. The van der Waals surface area contributed by atoms with Crippen LogP contribution >= 0.6 is 0 Å². The zero-order valence-electron chi connectivity index (χ0n) is 15.8. The molecule has 0 radical (unpaired) electrons. The van der Waals surface area contributed by atoms with Gasteiger partial charge in [0.2, 0.25) is 0 Å². The van der Waals surface area contributed by atoms with Gasteiger partial charge in [-0.3, -0.25) is 0 Å². The fourth-order valence-electron chi connectivity index (χ4n) is 3.85. The van der Waals surface area contributed by atoms with Gasteiger partial charge in [0.15, 0.2) is 0 Å². The van der Waals surface area contributed by atoms with E-state index in [-0.39, 0.29) is 0 Å². The molecule has 0 amide bonds. The second-order valence-corrected chi connectivity index (χ2v) is 7.37. The van der Waals surface area contributed by atoms with E-state index in [2.05, 4.69) is 43.3 Å². The Hall–Kier alpha value is -1.24. The average Bonchev–Trinajstić information content (AvgIpc) is 2.64. The van der Waals surface area contributed by atoms with Crippen molar-refractivity contribution in [2.24, 2.45) is 5.92 Å². The average molecular weight is 329 g/mol. The van der Waals surface area contributed by atoms with E-state index in [0.717, 1.165) is 17.6 Å². The summed E-state index contributed by atoms with van der Waals surface area (Å²) >= 11 is 0. The molecule has 0 saturated heterocycles. The Morgan fingerprint density at radius 1 is 0.917 bits per heavy atom. The van der Waals surface area contributed by atoms with Gasteiger partial charge < -0.3 is 4.74 Å². The molecule has 24 heavy (non-hydrogen) atoms. The van der Waals surface area contributed by atoms with Crippen molar-refractivity contribution in [2.75, 3.05) is 7.11 Å². The van der Waals surface area contributed by atoms with Crippen LogP contribution in [0.1, 0.15) is 89.0 Å². The Kier molecular flexibility index (Phi) is 9.02. The minimum absolute atomic E-state index is 0.749. The molecule has 1 aliphatic carbocycles. The highest BCUT2D eigenvalue weighted by Gasteiger charge is 2.20. The maximum absolute atomic E-state index is 5.26. The number of benzene rings is 1. The van der Waals surface area contributed by atoms with Gasteiger partial charge in [0.1, 0.15) is 5.75 Å². The highest BCUT2D eigenvalue weighted by molar-refractivity contribution is 5.29. The number of hydrogen-bond donors (Lipinski definition) is 0. The van der Waals surface area contributed by atoms with E-state index in [1.54, 1.807) is 7.11 Å². The van der Waals surface area contributed by atoms with Gasteiger partial charge >= 0.3 is 0 Å². The molecule has 134 valence electrons. The summed E-state index contributed by atoms with van der Waals surface area (Å²) in [5.74, 6) is 2.53. The third kappa shape index (κ3) is 6.71. The Labute approximate surface area is 149 Å². The van der Waals surface area contributed by atoms with Crippen LogP contribution < -0.4 is 4.74 Å². The summed E-state index contributed by atoms with van der Waals surface area (Å²) in [5.41, 5.74) is 1.49. The van der Waals surface area contributed by atoms with Crippen molar-refractivity contribution in [2.45, 2.75) is 83.5 Å². The van der Waals surface area contributed by atoms with Gasteiger partial charge in [0.25, 0.3) is 0 Å². The van der Waals surface area contributed by atoms with E-state index in [9.17, 15) is 0 Å². The lowest BCUT2D eigenvalue weighted by molar-refractivity contribution is 0.374. The van der Waals surface area contributed by atoms with Crippen LogP contribution in [0.5, 0.6) is 5.75 Å². The Bertz CT molecular complexity index is 451. The minimum atomic E-state index is 0.749. The van der Waals surface area contributed by atoms with Crippen LogP contribution in [0.25, 0.3) is 0 Å². The molecular formula is C23H36O. The van der Waals surface area contributed by atoms with Crippen LogP contribution in [0, 0.1) is 5.92 Å². The van der Waals surface area contributed by atoms with E-state index in [0.29, 0.717) is 0 Å². The summed E-state index contributed by atoms with van der Waals surface area (Å²) in [7, 11) is 1.73. The maximum atomic E-state index is 5.26.